The summed E-state index contributed by atoms with van der Waals surface area (Å²) < 4.78 is 17.5. The summed E-state index contributed by atoms with van der Waals surface area (Å²) >= 11 is 0. The van der Waals surface area contributed by atoms with Crippen LogP contribution in [0.15, 0.2) is 36.5 Å². The molecule has 0 radical (unpaired) electrons. The van der Waals surface area contributed by atoms with E-state index in [1.54, 1.807) is 6.92 Å². The van der Waals surface area contributed by atoms with Crippen LogP contribution in [-0.2, 0) is 38.2 Å². The molecule has 0 aliphatic heterocycles. The van der Waals surface area contributed by atoms with Crippen LogP contribution in [0, 0.1) is 0 Å². The Kier molecular flexibility index (Phi) is 52.0. The Bertz CT molecular complexity index is 1380. The van der Waals surface area contributed by atoms with Crippen molar-refractivity contribution in [1.82, 2.24) is 4.90 Å². The summed E-state index contributed by atoms with van der Waals surface area (Å²) in [7, 11) is 0. The van der Waals surface area contributed by atoms with Crippen molar-refractivity contribution in [3.8, 4) is 0 Å². The molecule has 0 aliphatic carbocycles. The van der Waals surface area contributed by atoms with Crippen LogP contribution in [0.3, 0.4) is 0 Å². The number of hydrogen-bond acceptors (Lipinski definition) is 10. The number of hydrogen-bond donors (Lipinski definition) is 3. The van der Waals surface area contributed by atoms with E-state index in [1.807, 2.05) is 0 Å². The zero-order chi connectivity index (χ0) is 56.7. The maximum atomic E-state index is 14.1. The highest BCUT2D eigenvalue weighted by atomic mass is 16.6. The fourth-order valence-corrected chi connectivity index (χ4v) is 9.47. The second-order valence-electron chi connectivity index (χ2n) is 21.9. The van der Waals surface area contributed by atoms with Crippen molar-refractivity contribution in [2.45, 2.75) is 322 Å². The number of amides is 1. The molecule has 0 saturated heterocycles. The highest BCUT2D eigenvalue weighted by Crippen LogP contribution is 2.24. The molecule has 0 aromatic heterocycles. The molecule has 448 valence electrons. The lowest BCUT2D eigenvalue weighted by atomic mass is 9.97. The molecule has 77 heavy (non-hydrogen) atoms. The van der Waals surface area contributed by atoms with E-state index in [9.17, 15) is 39.3 Å². The van der Waals surface area contributed by atoms with E-state index >= 15 is 0 Å². The molecule has 12 heteroatoms. The predicted octanol–water partition coefficient (Wildman–Crippen LogP) is 16.5. The van der Waals surface area contributed by atoms with Gasteiger partial charge in [0.1, 0.15) is 25.4 Å². The van der Waals surface area contributed by atoms with Crippen LogP contribution < -0.4 is 0 Å². The number of carbonyl (C=O) groups excluding carboxylic acids is 4. The number of aliphatic hydroxyl groups is 2. The largest absolute Gasteiger partial charge is 0.479 e. The van der Waals surface area contributed by atoms with Crippen molar-refractivity contribution in [3.05, 3.63) is 36.5 Å². The molecule has 2 atom stereocenters. The number of aliphatic carboxylic acids is 1. The smallest absolute Gasteiger partial charge is 0.335 e. The lowest BCUT2D eigenvalue weighted by molar-refractivity contribution is -0.180. The monoisotopic (exact) mass is 1090 g/mol. The molecule has 0 rings (SSSR count). The zero-order valence-corrected chi connectivity index (χ0v) is 49.9. The molecule has 0 aromatic rings. The van der Waals surface area contributed by atoms with Gasteiger partial charge in [-0.15, -0.1) is 0 Å². The summed E-state index contributed by atoms with van der Waals surface area (Å²) in [5.74, 6) is -4.66. The Morgan fingerprint density at radius 2 is 0.610 bits per heavy atom. The average Bonchev–Trinajstić information content (AvgIpc) is 3.42. The van der Waals surface area contributed by atoms with Crippen molar-refractivity contribution in [1.29, 1.82) is 0 Å². The lowest BCUT2D eigenvalue weighted by Gasteiger charge is -2.43. The zero-order valence-electron chi connectivity index (χ0n) is 49.9. The number of esters is 3. The second-order valence-corrected chi connectivity index (χ2v) is 21.9. The molecular formula is C65H117NO11. The number of allylic oxidation sites excluding steroid dienone is 6. The number of carboxylic acids is 1. The van der Waals surface area contributed by atoms with Gasteiger partial charge >= 0.3 is 23.9 Å². The predicted molar refractivity (Wildman–Crippen MR) is 316 cm³/mol. The van der Waals surface area contributed by atoms with Crippen molar-refractivity contribution in [2.75, 3.05) is 26.4 Å². The number of unbranched alkanes of at least 4 members (excludes halogenated alkanes) is 33. The van der Waals surface area contributed by atoms with Gasteiger partial charge in [0.2, 0.25) is 0 Å². The number of rotatable bonds is 57. The van der Waals surface area contributed by atoms with Gasteiger partial charge < -0.3 is 34.4 Å². The van der Waals surface area contributed by atoms with Crippen LogP contribution in [0.1, 0.15) is 304 Å². The molecule has 0 aromatic carbocycles. The van der Waals surface area contributed by atoms with E-state index in [4.69, 9.17) is 14.2 Å². The molecule has 2 unspecified atom stereocenters. The average molecular weight is 1090 g/mol. The first-order valence-electron chi connectivity index (χ1n) is 31.8. The summed E-state index contributed by atoms with van der Waals surface area (Å²) in [6.45, 7) is 6.67. The summed E-state index contributed by atoms with van der Waals surface area (Å²) in [4.78, 5) is 67.1. The Hall–Kier alpha value is -3.51. The Labute approximate surface area is 470 Å². The molecule has 3 N–H and O–H groups in total. The van der Waals surface area contributed by atoms with Gasteiger partial charge in [0.15, 0.2) is 12.2 Å². The van der Waals surface area contributed by atoms with Gasteiger partial charge in [0.25, 0.3) is 5.91 Å². The molecule has 0 heterocycles. The van der Waals surface area contributed by atoms with Crippen LogP contribution in [-0.4, -0.2) is 94.1 Å². The minimum Gasteiger partial charge on any atom is -0.479 e. The maximum absolute atomic E-state index is 14.1. The second kappa shape index (κ2) is 54.4. The maximum Gasteiger partial charge on any atom is 0.335 e. The first kappa shape index (κ1) is 73.5. The summed E-state index contributed by atoms with van der Waals surface area (Å²) in [5.41, 5.74) is -1.83. The first-order valence-corrected chi connectivity index (χ1v) is 31.8. The quantitative estimate of drug-likeness (QED) is 0.0229. The van der Waals surface area contributed by atoms with E-state index < -0.39 is 67.4 Å². The van der Waals surface area contributed by atoms with E-state index in [-0.39, 0.29) is 32.2 Å². The SMILES string of the molecule is CCCCCCCC/C=C/CCCCCCCC(=O)OCC(COC(=O)CCCCCCC/C=C/CCCCCCCC)(COC(=O)CCCCCCC/C=C/CCCCCCCC)N(CCC)C(=O)C(O)C(O)C(=O)O. The molecule has 0 bridgehead atoms. The van der Waals surface area contributed by atoms with Gasteiger partial charge in [-0.1, -0.05) is 218 Å². The minimum atomic E-state index is -2.46. The molecule has 0 aliphatic rings. The molecule has 0 fully saturated rings. The fraction of sp³-hybridized carbons (Fsp3) is 0.831. The van der Waals surface area contributed by atoms with Crippen LogP contribution in [0.2, 0.25) is 0 Å². The minimum absolute atomic E-state index is 0.0981. The summed E-state index contributed by atoms with van der Waals surface area (Å²) in [5, 5.41) is 30.8. The van der Waals surface area contributed by atoms with Gasteiger partial charge in [-0.05, 0) is 103 Å². The van der Waals surface area contributed by atoms with E-state index in [0.29, 0.717) is 19.3 Å². The number of carboxylic acid groups (broad SMARTS) is 1. The molecule has 0 spiro atoms. The standard InChI is InChI=1S/C65H117NO11/c1-5-9-12-15-18-21-24-27-30-33-36-39-42-45-48-51-58(67)75-55-65(66(54-8-4)63(72)61(70)62(71)64(73)74,56-76-59(68)52-49-46-43-40-37-34-31-28-25-22-19-16-13-10-6-2)57-77-60(69)53-50-47-44-41-38-35-32-29-26-23-20-17-14-11-7-3/h27-32,61-62,70-71H,5-26,33-57H2,1-4H3,(H,73,74)/b30-27+,31-28+,32-29+. The Balaban J connectivity index is 5.72. The fourth-order valence-electron chi connectivity index (χ4n) is 9.47. The normalized spacial score (nSPS) is 12.7. The Morgan fingerprint density at radius 1 is 0.364 bits per heavy atom. The van der Waals surface area contributed by atoms with E-state index in [2.05, 4.69) is 57.2 Å². The summed E-state index contributed by atoms with van der Waals surface area (Å²) in [6.07, 6.45) is 52.7. The van der Waals surface area contributed by atoms with Crippen molar-refractivity contribution < 1.29 is 53.5 Å². The number of aliphatic hydroxyl groups excluding tert-OH is 2. The Morgan fingerprint density at radius 3 is 0.857 bits per heavy atom. The third-order valence-electron chi connectivity index (χ3n) is 14.5. The number of ether oxygens (including phenoxy) is 3. The molecular weight excluding hydrogens is 971 g/mol. The number of carbonyl (C=O) groups is 5. The van der Waals surface area contributed by atoms with Crippen molar-refractivity contribution in [2.24, 2.45) is 0 Å². The van der Waals surface area contributed by atoms with Crippen LogP contribution in [0.4, 0.5) is 0 Å². The third-order valence-corrected chi connectivity index (χ3v) is 14.5. The summed E-state index contributed by atoms with van der Waals surface area (Å²) in [6, 6.07) is 0. The van der Waals surface area contributed by atoms with E-state index in [0.717, 1.165) is 120 Å². The highest BCUT2D eigenvalue weighted by Gasteiger charge is 2.47. The molecule has 12 nitrogen and oxygen atoms in total. The highest BCUT2D eigenvalue weighted by molar-refractivity contribution is 5.88. The van der Waals surface area contributed by atoms with Crippen molar-refractivity contribution in [3.63, 3.8) is 0 Å². The van der Waals surface area contributed by atoms with Crippen LogP contribution in [0.5, 0.6) is 0 Å². The topological polar surface area (TPSA) is 177 Å². The molecule has 1 amide bonds. The van der Waals surface area contributed by atoms with Gasteiger partial charge in [0, 0.05) is 25.8 Å². The van der Waals surface area contributed by atoms with Crippen LogP contribution >= 0.6 is 0 Å². The van der Waals surface area contributed by atoms with Crippen LogP contribution in [0.25, 0.3) is 0 Å². The van der Waals surface area contributed by atoms with Gasteiger partial charge in [-0.3, -0.25) is 19.2 Å². The van der Waals surface area contributed by atoms with Gasteiger partial charge in [0.05, 0.1) is 0 Å². The first-order chi connectivity index (χ1) is 37.5. The lowest BCUT2D eigenvalue weighted by Crippen LogP contribution is -2.64. The van der Waals surface area contributed by atoms with E-state index in [1.165, 1.54) is 116 Å². The van der Waals surface area contributed by atoms with Crippen molar-refractivity contribution >= 4 is 29.8 Å². The number of nitrogens with zero attached hydrogens (tertiary/aromatic N) is 1. The molecule has 0 saturated carbocycles. The third kappa shape index (κ3) is 44.0. The van der Waals surface area contributed by atoms with Gasteiger partial charge in [-0.25, -0.2) is 4.79 Å². The van der Waals surface area contributed by atoms with Gasteiger partial charge in [-0.2, -0.15) is 0 Å².